The summed E-state index contributed by atoms with van der Waals surface area (Å²) in [7, 11) is 0. The van der Waals surface area contributed by atoms with Crippen LogP contribution in [-0.2, 0) is 13.0 Å². The van der Waals surface area contributed by atoms with Crippen molar-refractivity contribution in [1.29, 1.82) is 0 Å². The van der Waals surface area contributed by atoms with Gasteiger partial charge in [-0.15, -0.1) is 13.2 Å². The summed E-state index contributed by atoms with van der Waals surface area (Å²) in [6.07, 6.45) is -1.91. The van der Waals surface area contributed by atoms with Crippen molar-refractivity contribution in [1.82, 2.24) is 19.9 Å². The topological polar surface area (TPSA) is 162 Å². The molecule has 0 spiro atoms. The normalized spacial score (nSPS) is 12.4. The van der Waals surface area contributed by atoms with Gasteiger partial charge >= 0.3 is 12.1 Å². The molecule has 41 heavy (non-hydrogen) atoms. The number of H-pyrrole nitrogens is 1. The highest BCUT2D eigenvalue weighted by molar-refractivity contribution is 5.83. The molecule has 218 valence electrons. The van der Waals surface area contributed by atoms with E-state index in [2.05, 4.69) is 25.0 Å². The van der Waals surface area contributed by atoms with Crippen LogP contribution in [0, 0.1) is 5.92 Å². The zero-order valence-corrected chi connectivity index (χ0v) is 22.5. The first-order valence-corrected chi connectivity index (χ1v) is 13.1. The number of hydrogen-bond donors (Lipinski definition) is 5. The maximum absolute atomic E-state index is 13.0. The van der Waals surface area contributed by atoms with Gasteiger partial charge in [-0.25, -0.2) is 4.79 Å². The molecule has 0 aliphatic carbocycles. The van der Waals surface area contributed by atoms with Gasteiger partial charge in [0.25, 0.3) is 0 Å². The van der Waals surface area contributed by atoms with E-state index in [1.165, 1.54) is 16.7 Å². The van der Waals surface area contributed by atoms with E-state index in [9.17, 15) is 18.0 Å². The Kier molecular flexibility index (Phi) is 9.30. The number of nitrogens with two attached hydrogens (primary N) is 3. The summed E-state index contributed by atoms with van der Waals surface area (Å²) < 4.78 is 44.6. The van der Waals surface area contributed by atoms with Crippen molar-refractivity contribution in [2.45, 2.75) is 32.7 Å². The van der Waals surface area contributed by atoms with Crippen molar-refractivity contribution in [3.63, 3.8) is 0 Å². The molecule has 2 aromatic carbocycles. The Balaban J connectivity index is 1.55. The van der Waals surface area contributed by atoms with Gasteiger partial charge in [0.05, 0.1) is 5.69 Å². The molecule has 0 amide bonds. The third kappa shape index (κ3) is 8.32. The number of hydrogen-bond acceptors (Lipinski definition) is 6. The standard InChI is InChI=1S/C28H33F3N8O2/c1-17(14-32)9-19-10-20(12-23(11-19)41-28(29,30)31)24-13-21-16-39(27(40)38-25(21)37-24)22-5-3-18(4-6-22)15-35-7-2-8-36-26(33)34/h3-6,10-13,16-17,35H,2,7-9,14-15,32H2,1H3,(H4,33,34,36)(H,37,38,40). The van der Waals surface area contributed by atoms with Crippen LogP contribution >= 0.6 is 0 Å². The Morgan fingerprint density at radius 2 is 1.90 bits per heavy atom. The van der Waals surface area contributed by atoms with E-state index in [0.29, 0.717) is 59.6 Å². The molecule has 0 bridgehead atoms. The summed E-state index contributed by atoms with van der Waals surface area (Å²) in [4.78, 5) is 24.0. The molecular formula is C28H33F3N8O2. The van der Waals surface area contributed by atoms with Crippen LogP contribution in [0.3, 0.4) is 0 Å². The van der Waals surface area contributed by atoms with Gasteiger partial charge in [0.15, 0.2) is 5.96 Å². The molecule has 2 heterocycles. The SMILES string of the molecule is CC(CN)Cc1cc(OC(F)(F)F)cc(-c2cc3cn(-c4ccc(CNCCCN=C(N)N)cc4)c(=O)nc3[nH]2)c1. The van der Waals surface area contributed by atoms with Crippen molar-refractivity contribution in [3.8, 4) is 22.7 Å². The minimum Gasteiger partial charge on any atom is -0.406 e. The first kappa shape index (κ1) is 29.6. The highest BCUT2D eigenvalue weighted by atomic mass is 19.4. The quantitative estimate of drug-likeness (QED) is 0.0993. The van der Waals surface area contributed by atoms with Gasteiger partial charge in [0, 0.05) is 35.9 Å². The molecular weight excluding hydrogens is 537 g/mol. The smallest absolute Gasteiger partial charge is 0.406 e. The van der Waals surface area contributed by atoms with Gasteiger partial charge in [-0.1, -0.05) is 19.1 Å². The Bertz CT molecular complexity index is 1560. The number of fused-ring (bicyclic) bond motifs is 1. The molecule has 4 aromatic rings. The Labute approximate surface area is 234 Å². The minimum absolute atomic E-state index is 0.0634. The number of aromatic amines is 1. The molecule has 1 unspecified atom stereocenters. The van der Waals surface area contributed by atoms with Gasteiger partial charge in [0.1, 0.15) is 11.4 Å². The molecule has 4 rings (SSSR count). The molecule has 0 radical (unpaired) electrons. The van der Waals surface area contributed by atoms with E-state index >= 15 is 0 Å². The van der Waals surface area contributed by atoms with E-state index in [-0.39, 0.29) is 17.6 Å². The second kappa shape index (κ2) is 12.9. The fourth-order valence-corrected chi connectivity index (χ4v) is 4.37. The lowest BCUT2D eigenvalue weighted by molar-refractivity contribution is -0.274. The summed E-state index contributed by atoms with van der Waals surface area (Å²) in [6.45, 7) is 4.24. The van der Waals surface area contributed by atoms with Crippen molar-refractivity contribution in [2.75, 3.05) is 19.6 Å². The predicted octanol–water partition coefficient (Wildman–Crippen LogP) is 3.17. The summed E-state index contributed by atoms with van der Waals surface area (Å²) >= 11 is 0. The minimum atomic E-state index is -4.83. The van der Waals surface area contributed by atoms with E-state index in [4.69, 9.17) is 17.2 Å². The van der Waals surface area contributed by atoms with Crippen LogP contribution in [0.5, 0.6) is 5.75 Å². The van der Waals surface area contributed by atoms with Gasteiger partial charge in [-0.3, -0.25) is 9.56 Å². The van der Waals surface area contributed by atoms with E-state index in [0.717, 1.165) is 18.5 Å². The molecule has 2 aromatic heterocycles. The molecule has 13 heteroatoms. The van der Waals surface area contributed by atoms with Crippen LogP contribution in [0.15, 0.2) is 64.5 Å². The van der Waals surface area contributed by atoms with Gasteiger partial charge in [-0.05, 0) is 79.4 Å². The number of halogens is 3. The van der Waals surface area contributed by atoms with Crippen LogP contribution in [-0.4, -0.2) is 46.5 Å². The molecule has 0 saturated carbocycles. The fourth-order valence-electron chi connectivity index (χ4n) is 4.37. The highest BCUT2D eigenvalue weighted by Crippen LogP contribution is 2.31. The lowest BCUT2D eigenvalue weighted by Gasteiger charge is -2.14. The maximum Gasteiger partial charge on any atom is 0.573 e. The lowest BCUT2D eigenvalue weighted by atomic mass is 9.98. The van der Waals surface area contributed by atoms with Crippen molar-refractivity contribution in [2.24, 2.45) is 28.1 Å². The van der Waals surface area contributed by atoms with Crippen molar-refractivity contribution in [3.05, 3.63) is 76.3 Å². The summed E-state index contributed by atoms with van der Waals surface area (Å²) in [6, 6.07) is 13.6. The van der Waals surface area contributed by atoms with E-state index in [1.807, 2.05) is 31.2 Å². The van der Waals surface area contributed by atoms with Crippen LogP contribution < -0.4 is 32.9 Å². The summed E-state index contributed by atoms with van der Waals surface area (Å²) in [5, 5.41) is 3.92. The van der Waals surface area contributed by atoms with Gasteiger partial charge in [0.2, 0.25) is 0 Å². The average Bonchev–Trinajstić information content (AvgIpc) is 3.32. The first-order chi connectivity index (χ1) is 19.5. The van der Waals surface area contributed by atoms with Crippen molar-refractivity contribution >= 4 is 17.0 Å². The summed E-state index contributed by atoms with van der Waals surface area (Å²) in [5.41, 5.74) is 19.4. The highest BCUT2D eigenvalue weighted by Gasteiger charge is 2.31. The molecule has 10 nitrogen and oxygen atoms in total. The Hall–Kier alpha value is -4.36. The number of benzene rings is 2. The zero-order chi connectivity index (χ0) is 29.6. The van der Waals surface area contributed by atoms with Gasteiger partial charge < -0.3 is 32.2 Å². The maximum atomic E-state index is 13.0. The summed E-state index contributed by atoms with van der Waals surface area (Å²) in [5.74, 6) is -0.191. The average molecular weight is 571 g/mol. The third-order valence-electron chi connectivity index (χ3n) is 6.36. The van der Waals surface area contributed by atoms with Crippen LogP contribution in [0.1, 0.15) is 24.5 Å². The van der Waals surface area contributed by atoms with Gasteiger partial charge in [-0.2, -0.15) is 4.98 Å². The molecule has 8 N–H and O–H groups in total. The van der Waals surface area contributed by atoms with Crippen LogP contribution in [0.4, 0.5) is 13.2 Å². The predicted molar refractivity (Wildman–Crippen MR) is 153 cm³/mol. The molecule has 0 aliphatic rings. The first-order valence-electron chi connectivity index (χ1n) is 13.1. The number of guanidine groups is 1. The fraction of sp³-hybridized carbons (Fsp3) is 0.321. The Morgan fingerprint density at radius 3 is 2.59 bits per heavy atom. The second-order valence-electron chi connectivity index (χ2n) is 9.84. The number of ether oxygens (including phenoxy) is 1. The number of aromatic nitrogens is 3. The molecule has 0 saturated heterocycles. The third-order valence-corrected chi connectivity index (χ3v) is 6.36. The van der Waals surface area contributed by atoms with Crippen LogP contribution in [0.2, 0.25) is 0 Å². The van der Waals surface area contributed by atoms with E-state index < -0.39 is 12.1 Å². The Morgan fingerprint density at radius 1 is 1.15 bits per heavy atom. The number of alkyl halides is 3. The molecule has 0 aliphatic heterocycles. The lowest BCUT2D eigenvalue weighted by Crippen LogP contribution is -2.23. The zero-order valence-electron chi connectivity index (χ0n) is 22.5. The largest absolute Gasteiger partial charge is 0.573 e. The number of nitrogens with zero attached hydrogens (tertiary/aromatic N) is 3. The monoisotopic (exact) mass is 570 g/mol. The molecule has 1 atom stereocenters. The number of nitrogens with one attached hydrogen (secondary N) is 2. The van der Waals surface area contributed by atoms with Crippen molar-refractivity contribution < 1.29 is 17.9 Å². The number of aliphatic imine (C=N–C) groups is 1. The second-order valence-corrected chi connectivity index (χ2v) is 9.84. The molecule has 0 fully saturated rings. The number of rotatable bonds is 12. The van der Waals surface area contributed by atoms with E-state index in [1.54, 1.807) is 18.3 Å². The van der Waals surface area contributed by atoms with Crippen LogP contribution in [0.25, 0.3) is 28.0 Å².